The maximum Gasteiger partial charge on any atom is 0.259 e. The fourth-order valence-electron chi connectivity index (χ4n) is 2.40. The number of benzene rings is 2. The minimum Gasteiger partial charge on any atom is -0.496 e. The first-order valence-corrected chi connectivity index (χ1v) is 7.88. The quantitative estimate of drug-likeness (QED) is 0.731. The second-order valence-corrected chi connectivity index (χ2v) is 5.37. The van der Waals surface area contributed by atoms with Gasteiger partial charge in [-0.1, -0.05) is 24.3 Å². The molecule has 0 spiro atoms. The summed E-state index contributed by atoms with van der Waals surface area (Å²) < 4.78 is 5.20. The SMILES string of the molecule is COc1ccccc1C(=O)Nc1ccc(Nc2ccccc2C#N)nc1. The number of carbonyl (C=O) groups is 1. The lowest BCUT2D eigenvalue weighted by Gasteiger charge is -2.10. The number of pyridine rings is 1. The molecule has 0 aliphatic heterocycles. The lowest BCUT2D eigenvalue weighted by Crippen LogP contribution is -2.13. The number of ether oxygens (including phenoxy) is 1. The average molecular weight is 344 g/mol. The zero-order chi connectivity index (χ0) is 18.4. The second kappa shape index (κ2) is 7.81. The van der Waals surface area contributed by atoms with Crippen LogP contribution < -0.4 is 15.4 Å². The van der Waals surface area contributed by atoms with Crippen molar-refractivity contribution in [1.29, 1.82) is 5.26 Å². The van der Waals surface area contributed by atoms with Gasteiger partial charge in [0, 0.05) is 0 Å². The Bertz CT molecular complexity index is 962. The molecule has 0 saturated carbocycles. The molecule has 0 aliphatic rings. The highest BCUT2D eigenvalue weighted by molar-refractivity contribution is 6.06. The van der Waals surface area contributed by atoms with Gasteiger partial charge < -0.3 is 15.4 Å². The fraction of sp³-hybridized carbons (Fsp3) is 0.0500. The predicted octanol–water partition coefficient (Wildman–Crippen LogP) is 3.96. The molecule has 128 valence electrons. The normalized spacial score (nSPS) is 9.85. The number of rotatable bonds is 5. The van der Waals surface area contributed by atoms with Crippen molar-refractivity contribution < 1.29 is 9.53 Å². The fourth-order valence-corrected chi connectivity index (χ4v) is 2.40. The predicted molar refractivity (Wildman–Crippen MR) is 99.6 cm³/mol. The summed E-state index contributed by atoms with van der Waals surface area (Å²) in [5, 5.41) is 15.0. The highest BCUT2D eigenvalue weighted by Gasteiger charge is 2.11. The molecule has 0 radical (unpaired) electrons. The van der Waals surface area contributed by atoms with Crippen LogP contribution in [0.4, 0.5) is 17.2 Å². The van der Waals surface area contributed by atoms with Crippen molar-refractivity contribution in [2.75, 3.05) is 17.7 Å². The van der Waals surface area contributed by atoms with Crippen LogP contribution in [0.3, 0.4) is 0 Å². The Morgan fingerprint density at radius 2 is 1.85 bits per heavy atom. The van der Waals surface area contributed by atoms with E-state index in [1.807, 2.05) is 6.07 Å². The van der Waals surface area contributed by atoms with Gasteiger partial charge in [0.15, 0.2) is 0 Å². The zero-order valence-corrected chi connectivity index (χ0v) is 14.1. The van der Waals surface area contributed by atoms with Gasteiger partial charge in [-0.25, -0.2) is 4.98 Å². The molecule has 0 atom stereocenters. The monoisotopic (exact) mass is 344 g/mol. The van der Waals surface area contributed by atoms with E-state index in [2.05, 4.69) is 21.7 Å². The van der Waals surface area contributed by atoms with E-state index in [0.29, 0.717) is 34.1 Å². The highest BCUT2D eigenvalue weighted by Crippen LogP contribution is 2.21. The first kappa shape index (κ1) is 17.0. The van der Waals surface area contributed by atoms with Crippen molar-refractivity contribution in [1.82, 2.24) is 4.98 Å². The van der Waals surface area contributed by atoms with E-state index in [1.54, 1.807) is 60.8 Å². The van der Waals surface area contributed by atoms with Gasteiger partial charge in [0.05, 0.1) is 35.8 Å². The number of methoxy groups -OCH3 is 1. The lowest BCUT2D eigenvalue weighted by atomic mass is 10.2. The zero-order valence-electron chi connectivity index (χ0n) is 14.1. The minimum atomic E-state index is -0.278. The smallest absolute Gasteiger partial charge is 0.259 e. The van der Waals surface area contributed by atoms with Crippen molar-refractivity contribution in [2.24, 2.45) is 0 Å². The lowest BCUT2D eigenvalue weighted by molar-refractivity contribution is 0.102. The van der Waals surface area contributed by atoms with E-state index >= 15 is 0 Å². The van der Waals surface area contributed by atoms with E-state index in [4.69, 9.17) is 10.00 Å². The third-order valence-corrected chi connectivity index (χ3v) is 3.68. The van der Waals surface area contributed by atoms with E-state index in [-0.39, 0.29) is 5.91 Å². The largest absolute Gasteiger partial charge is 0.496 e. The van der Waals surface area contributed by atoms with Gasteiger partial charge >= 0.3 is 0 Å². The molecular formula is C20H16N4O2. The number of hydrogen-bond donors (Lipinski definition) is 2. The maximum absolute atomic E-state index is 12.4. The summed E-state index contributed by atoms with van der Waals surface area (Å²) in [6, 6.07) is 19.7. The molecule has 26 heavy (non-hydrogen) atoms. The third kappa shape index (κ3) is 3.79. The molecule has 3 aromatic rings. The molecule has 0 aliphatic carbocycles. The molecule has 2 aromatic carbocycles. The van der Waals surface area contributed by atoms with Crippen LogP contribution in [0.2, 0.25) is 0 Å². The van der Waals surface area contributed by atoms with Crippen LogP contribution in [0.25, 0.3) is 0 Å². The van der Waals surface area contributed by atoms with Crippen molar-refractivity contribution >= 4 is 23.1 Å². The number of nitriles is 1. The Morgan fingerprint density at radius 3 is 2.58 bits per heavy atom. The van der Waals surface area contributed by atoms with Gasteiger partial charge in [-0.3, -0.25) is 4.79 Å². The molecule has 0 saturated heterocycles. The van der Waals surface area contributed by atoms with Gasteiger partial charge in [-0.2, -0.15) is 5.26 Å². The van der Waals surface area contributed by atoms with Crippen LogP contribution in [0.15, 0.2) is 66.9 Å². The van der Waals surface area contributed by atoms with Gasteiger partial charge in [-0.05, 0) is 36.4 Å². The summed E-state index contributed by atoms with van der Waals surface area (Å²) in [5.74, 6) is 0.798. The number of nitrogens with one attached hydrogen (secondary N) is 2. The van der Waals surface area contributed by atoms with Crippen LogP contribution in [0.5, 0.6) is 5.75 Å². The molecule has 1 amide bonds. The number of nitrogens with zero attached hydrogens (tertiary/aromatic N) is 2. The van der Waals surface area contributed by atoms with Gasteiger partial charge in [-0.15, -0.1) is 0 Å². The Hall–Kier alpha value is -3.85. The van der Waals surface area contributed by atoms with Crippen LogP contribution in [0.1, 0.15) is 15.9 Å². The third-order valence-electron chi connectivity index (χ3n) is 3.68. The number of carbonyl (C=O) groups excluding carboxylic acids is 1. The summed E-state index contributed by atoms with van der Waals surface area (Å²) in [6.45, 7) is 0. The maximum atomic E-state index is 12.4. The summed E-state index contributed by atoms with van der Waals surface area (Å²) in [5.41, 5.74) is 2.20. The molecule has 0 fully saturated rings. The van der Waals surface area contributed by atoms with Gasteiger partial charge in [0.2, 0.25) is 0 Å². The van der Waals surface area contributed by atoms with Crippen LogP contribution in [0, 0.1) is 11.3 Å². The number of aromatic nitrogens is 1. The molecule has 3 rings (SSSR count). The number of hydrogen-bond acceptors (Lipinski definition) is 5. The van der Waals surface area contributed by atoms with Gasteiger partial charge in [0.1, 0.15) is 17.6 Å². The first-order chi connectivity index (χ1) is 12.7. The Kier molecular flexibility index (Phi) is 5.11. The summed E-state index contributed by atoms with van der Waals surface area (Å²) in [7, 11) is 1.52. The first-order valence-electron chi connectivity index (χ1n) is 7.88. The number of para-hydroxylation sites is 2. The van der Waals surface area contributed by atoms with Crippen molar-refractivity contribution in [3.8, 4) is 11.8 Å². The van der Waals surface area contributed by atoms with Crippen molar-refractivity contribution in [2.45, 2.75) is 0 Å². The van der Waals surface area contributed by atoms with Gasteiger partial charge in [0.25, 0.3) is 5.91 Å². The number of amides is 1. The Balaban J connectivity index is 1.72. The Morgan fingerprint density at radius 1 is 1.08 bits per heavy atom. The average Bonchev–Trinajstić information content (AvgIpc) is 2.69. The molecular weight excluding hydrogens is 328 g/mol. The molecule has 0 unspecified atom stereocenters. The van der Waals surface area contributed by atoms with Crippen molar-refractivity contribution in [3.05, 3.63) is 78.0 Å². The van der Waals surface area contributed by atoms with Crippen LogP contribution in [-0.4, -0.2) is 18.0 Å². The van der Waals surface area contributed by atoms with Crippen LogP contribution >= 0.6 is 0 Å². The molecule has 1 aromatic heterocycles. The minimum absolute atomic E-state index is 0.278. The second-order valence-electron chi connectivity index (χ2n) is 5.37. The topological polar surface area (TPSA) is 87.0 Å². The molecule has 2 N–H and O–H groups in total. The molecule has 6 heteroatoms. The molecule has 1 heterocycles. The van der Waals surface area contributed by atoms with E-state index in [1.165, 1.54) is 7.11 Å². The number of anilines is 3. The highest BCUT2D eigenvalue weighted by atomic mass is 16.5. The standard InChI is InChI=1S/C20H16N4O2/c1-26-18-9-5-3-7-16(18)20(25)23-15-10-11-19(22-13-15)24-17-8-4-2-6-14(17)12-21/h2-11,13H,1H3,(H,22,24)(H,23,25). The van der Waals surface area contributed by atoms with Crippen LogP contribution in [-0.2, 0) is 0 Å². The van der Waals surface area contributed by atoms with E-state index < -0.39 is 0 Å². The van der Waals surface area contributed by atoms with E-state index in [9.17, 15) is 4.79 Å². The summed E-state index contributed by atoms with van der Waals surface area (Å²) in [4.78, 5) is 16.7. The van der Waals surface area contributed by atoms with Crippen molar-refractivity contribution in [3.63, 3.8) is 0 Å². The summed E-state index contributed by atoms with van der Waals surface area (Å²) in [6.07, 6.45) is 1.55. The Labute approximate surface area is 151 Å². The van der Waals surface area contributed by atoms with E-state index in [0.717, 1.165) is 0 Å². The summed E-state index contributed by atoms with van der Waals surface area (Å²) >= 11 is 0. The molecule has 0 bridgehead atoms. The molecule has 6 nitrogen and oxygen atoms in total.